The van der Waals surface area contributed by atoms with Gasteiger partial charge in [0.1, 0.15) is 0 Å². The maximum absolute atomic E-state index is 13.4. The molecule has 2 atom stereocenters. The van der Waals surface area contributed by atoms with E-state index >= 15 is 0 Å². The number of hydrogen-bond acceptors (Lipinski definition) is 4. The van der Waals surface area contributed by atoms with Crippen molar-refractivity contribution in [2.75, 3.05) is 26.2 Å². The number of aryl methyl sites for hydroxylation is 2. The van der Waals surface area contributed by atoms with Gasteiger partial charge < -0.3 is 9.64 Å². The molecule has 1 aromatic rings. The molecule has 2 fully saturated rings. The Morgan fingerprint density at radius 2 is 1.45 bits per heavy atom. The van der Waals surface area contributed by atoms with Crippen molar-refractivity contribution in [1.82, 2.24) is 9.21 Å². The number of morpholine rings is 1. The second-order valence-electron chi connectivity index (χ2n) is 8.77. The molecule has 0 saturated carbocycles. The van der Waals surface area contributed by atoms with E-state index in [9.17, 15) is 13.2 Å². The summed E-state index contributed by atoms with van der Waals surface area (Å²) in [6.07, 6.45) is 1.22. The molecule has 0 spiro atoms. The average molecular weight is 423 g/mol. The van der Waals surface area contributed by atoms with Crippen LogP contribution in [0, 0.1) is 33.6 Å². The lowest BCUT2D eigenvalue weighted by Gasteiger charge is -2.39. The standard InChI is InChI=1S/C22H34N2O4S/c1-14-11-15(2)19(6)21(18(14)5)29(26,27)24-9-7-20(8-10-24)22(25)23-12-16(3)28-17(4)13-23/h11,16-17,20H,7-10,12-13H2,1-6H3. The van der Waals surface area contributed by atoms with E-state index < -0.39 is 10.0 Å². The maximum Gasteiger partial charge on any atom is 0.243 e. The lowest BCUT2D eigenvalue weighted by Crippen LogP contribution is -2.51. The van der Waals surface area contributed by atoms with Gasteiger partial charge in [0, 0.05) is 32.1 Å². The number of benzene rings is 1. The minimum absolute atomic E-state index is 0.0404. The van der Waals surface area contributed by atoms with Gasteiger partial charge in [-0.05, 0) is 76.6 Å². The normalized spacial score (nSPS) is 24.7. The number of carbonyl (C=O) groups excluding carboxylic acids is 1. The number of nitrogens with zero attached hydrogens (tertiary/aromatic N) is 2. The van der Waals surface area contributed by atoms with Gasteiger partial charge in [0.25, 0.3) is 0 Å². The van der Waals surface area contributed by atoms with Crippen LogP contribution in [0.25, 0.3) is 0 Å². The second-order valence-corrected chi connectivity index (χ2v) is 10.6. The Labute approximate surface area is 175 Å². The van der Waals surface area contributed by atoms with Crippen LogP contribution in [0.5, 0.6) is 0 Å². The van der Waals surface area contributed by atoms with Crippen LogP contribution in [-0.2, 0) is 19.6 Å². The summed E-state index contributed by atoms with van der Waals surface area (Å²) in [5, 5.41) is 0. The van der Waals surface area contributed by atoms with Crippen LogP contribution in [-0.4, -0.2) is 61.9 Å². The first-order valence-electron chi connectivity index (χ1n) is 10.5. The molecule has 3 rings (SSSR count). The molecule has 2 heterocycles. The minimum atomic E-state index is -3.57. The number of carbonyl (C=O) groups is 1. The third kappa shape index (κ3) is 4.37. The Balaban J connectivity index is 1.73. The van der Waals surface area contributed by atoms with Crippen molar-refractivity contribution in [1.29, 1.82) is 0 Å². The predicted octanol–water partition coefficient (Wildman–Crippen LogP) is 2.96. The first-order valence-corrected chi connectivity index (χ1v) is 12.0. The summed E-state index contributed by atoms with van der Waals surface area (Å²) in [5.74, 6) is 0.0307. The Kier molecular flexibility index (Phi) is 6.41. The molecule has 1 amide bonds. The molecular formula is C22H34N2O4S. The van der Waals surface area contributed by atoms with E-state index in [1.54, 1.807) is 4.31 Å². The van der Waals surface area contributed by atoms with Gasteiger partial charge in [0.15, 0.2) is 0 Å². The fraction of sp³-hybridized carbons (Fsp3) is 0.682. The van der Waals surface area contributed by atoms with Gasteiger partial charge in [-0.15, -0.1) is 0 Å². The Morgan fingerprint density at radius 1 is 0.966 bits per heavy atom. The van der Waals surface area contributed by atoms with Gasteiger partial charge in [-0.3, -0.25) is 4.79 Å². The van der Waals surface area contributed by atoms with E-state index in [0.29, 0.717) is 43.9 Å². The first kappa shape index (κ1) is 22.2. The fourth-order valence-corrected chi connectivity index (χ4v) is 6.70. The van der Waals surface area contributed by atoms with Crippen LogP contribution in [0.3, 0.4) is 0 Å². The topological polar surface area (TPSA) is 66.9 Å². The van der Waals surface area contributed by atoms with Crippen molar-refractivity contribution in [3.05, 3.63) is 28.3 Å². The third-order valence-corrected chi connectivity index (χ3v) is 8.60. The monoisotopic (exact) mass is 422 g/mol. The summed E-state index contributed by atoms with van der Waals surface area (Å²) >= 11 is 0. The minimum Gasteiger partial charge on any atom is -0.372 e. The Morgan fingerprint density at radius 3 is 1.93 bits per heavy atom. The molecule has 6 nitrogen and oxygen atoms in total. The number of amides is 1. The van der Waals surface area contributed by atoms with E-state index in [2.05, 4.69) is 0 Å². The van der Waals surface area contributed by atoms with Crippen LogP contribution < -0.4 is 0 Å². The van der Waals surface area contributed by atoms with Gasteiger partial charge in [-0.2, -0.15) is 4.31 Å². The third-order valence-electron chi connectivity index (χ3n) is 6.43. The highest BCUT2D eigenvalue weighted by Gasteiger charge is 2.37. The Bertz CT molecular complexity index is 852. The number of sulfonamides is 1. The highest BCUT2D eigenvalue weighted by Crippen LogP contribution is 2.31. The molecule has 2 aliphatic rings. The molecule has 0 bridgehead atoms. The molecular weight excluding hydrogens is 388 g/mol. The fourth-order valence-electron chi connectivity index (χ4n) is 4.66. The Hall–Kier alpha value is -1.44. The van der Waals surface area contributed by atoms with Crippen molar-refractivity contribution < 1.29 is 17.9 Å². The zero-order chi connectivity index (χ0) is 21.5. The number of hydrogen-bond donors (Lipinski definition) is 0. The maximum atomic E-state index is 13.4. The second kappa shape index (κ2) is 8.36. The molecule has 2 unspecified atom stereocenters. The van der Waals surface area contributed by atoms with E-state index in [-0.39, 0.29) is 24.0 Å². The zero-order valence-electron chi connectivity index (χ0n) is 18.5. The van der Waals surface area contributed by atoms with Gasteiger partial charge in [0.2, 0.25) is 15.9 Å². The van der Waals surface area contributed by atoms with Gasteiger partial charge >= 0.3 is 0 Å². The van der Waals surface area contributed by atoms with Gasteiger partial charge in [0.05, 0.1) is 17.1 Å². The average Bonchev–Trinajstić information content (AvgIpc) is 2.65. The lowest BCUT2D eigenvalue weighted by molar-refractivity contribution is -0.148. The first-order chi connectivity index (χ1) is 13.5. The number of piperidine rings is 1. The zero-order valence-corrected chi connectivity index (χ0v) is 19.3. The van der Waals surface area contributed by atoms with E-state index in [1.807, 2.05) is 52.5 Å². The molecule has 7 heteroatoms. The van der Waals surface area contributed by atoms with Crippen molar-refractivity contribution in [2.24, 2.45) is 5.92 Å². The van der Waals surface area contributed by atoms with Crippen molar-refractivity contribution >= 4 is 15.9 Å². The summed E-state index contributed by atoms with van der Waals surface area (Å²) < 4.78 is 34.1. The van der Waals surface area contributed by atoms with Crippen molar-refractivity contribution in [3.63, 3.8) is 0 Å². The molecule has 2 aliphatic heterocycles. The summed E-state index contributed by atoms with van der Waals surface area (Å²) in [6, 6.07) is 2.04. The molecule has 1 aromatic carbocycles. The molecule has 162 valence electrons. The van der Waals surface area contributed by atoms with Crippen LogP contribution in [0.4, 0.5) is 0 Å². The van der Waals surface area contributed by atoms with E-state index in [4.69, 9.17) is 4.74 Å². The summed E-state index contributed by atoms with van der Waals surface area (Å²) in [5.41, 5.74) is 3.63. The molecule has 2 saturated heterocycles. The van der Waals surface area contributed by atoms with Crippen LogP contribution in [0.2, 0.25) is 0 Å². The van der Waals surface area contributed by atoms with E-state index in [0.717, 1.165) is 22.3 Å². The quantitative estimate of drug-likeness (QED) is 0.751. The van der Waals surface area contributed by atoms with Crippen LogP contribution >= 0.6 is 0 Å². The number of rotatable bonds is 3. The largest absolute Gasteiger partial charge is 0.372 e. The van der Waals surface area contributed by atoms with Crippen molar-refractivity contribution in [2.45, 2.75) is 71.5 Å². The summed E-state index contributed by atoms with van der Waals surface area (Å²) in [6.45, 7) is 13.6. The van der Waals surface area contributed by atoms with E-state index in [1.165, 1.54) is 0 Å². The highest BCUT2D eigenvalue weighted by molar-refractivity contribution is 7.89. The molecule has 0 N–H and O–H groups in total. The van der Waals surface area contributed by atoms with Crippen LogP contribution in [0.15, 0.2) is 11.0 Å². The van der Waals surface area contributed by atoms with Gasteiger partial charge in [-0.1, -0.05) is 6.07 Å². The smallest absolute Gasteiger partial charge is 0.243 e. The summed E-state index contributed by atoms with van der Waals surface area (Å²) in [7, 11) is -3.57. The van der Waals surface area contributed by atoms with Crippen molar-refractivity contribution in [3.8, 4) is 0 Å². The van der Waals surface area contributed by atoms with Gasteiger partial charge in [-0.25, -0.2) is 8.42 Å². The predicted molar refractivity (Wildman–Crippen MR) is 113 cm³/mol. The summed E-state index contributed by atoms with van der Waals surface area (Å²) in [4.78, 5) is 15.3. The molecule has 0 aromatic heterocycles. The van der Waals surface area contributed by atoms with Crippen LogP contribution in [0.1, 0.15) is 48.9 Å². The highest BCUT2D eigenvalue weighted by atomic mass is 32.2. The SMILES string of the molecule is Cc1cc(C)c(C)c(S(=O)(=O)N2CCC(C(=O)N3CC(C)OC(C)C3)CC2)c1C. The molecule has 0 radical (unpaired) electrons. The number of ether oxygens (including phenoxy) is 1. The molecule has 0 aliphatic carbocycles. The molecule has 29 heavy (non-hydrogen) atoms. The lowest BCUT2D eigenvalue weighted by atomic mass is 9.96.